The van der Waals surface area contributed by atoms with E-state index in [1.807, 2.05) is 51.1 Å². The molecule has 8 rings (SSSR count). The number of likely N-dealkylation sites (tertiary alicyclic amines) is 1. The Hall–Kier alpha value is -6.22. The van der Waals surface area contributed by atoms with Crippen LogP contribution in [0.1, 0.15) is 90.2 Å². The number of nitrogens with one attached hydrogen (secondary N) is 3. The van der Waals surface area contributed by atoms with E-state index in [2.05, 4.69) is 77.5 Å². The van der Waals surface area contributed by atoms with Crippen molar-refractivity contribution in [3.8, 4) is 34.2 Å². The van der Waals surface area contributed by atoms with Crippen molar-refractivity contribution < 1.29 is 42.2 Å². The molecule has 384 valence electrons. The minimum atomic E-state index is -2.88. The molecule has 0 radical (unpaired) electrons. The van der Waals surface area contributed by atoms with Crippen LogP contribution in [0.4, 0.5) is 8.78 Å². The molecule has 1 unspecified atom stereocenters. The summed E-state index contributed by atoms with van der Waals surface area (Å²) in [5.41, 5.74) is 10.2. The molecule has 4 aliphatic heterocycles. The number of esters is 1. The zero-order valence-electron chi connectivity index (χ0n) is 42.6. The lowest BCUT2D eigenvalue weighted by atomic mass is 9.84. The van der Waals surface area contributed by atoms with E-state index in [4.69, 9.17) is 14.5 Å². The van der Waals surface area contributed by atoms with E-state index in [1.165, 1.54) is 14.8 Å². The number of hydrogen-bond donors (Lipinski definition) is 3. The third-order valence-corrected chi connectivity index (χ3v) is 14.6. The van der Waals surface area contributed by atoms with E-state index in [9.17, 15) is 32.8 Å². The number of pyridine rings is 1. The summed E-state index contributed by atoms with van der Waals surface area (Å²) in [5.74, 6) is -1.16. The van der Waals surface area contributed by atoms with Gasteiger partial charge in [0, 0.05) is 81.3 Å². The lowest BCUT2D eigenvalue weighted by Crippen LogP contribution is -2.62. The minimum Gasteiger partial charge on any atom is -0.464 e. The number of methoxy groups -OCH3 is 1. The molecule has 6 heterocycles. The molecule has 0 spiro atoms. The fourth-order valence-corrected chi connectivity index (χ4v) is 10.8. The Morgan fingerprint density at radius 2 is 1.82 bits per heavy atom. The second-order valence-electron chi connectivity index (χ2n) is 21.0. The van der Waals surface area contributed by atoms with Crippen LogP contribution in [0.3, 0.4) is 0 Å². The van der Waals surface area contributed by atoms with Gasteiger partial charge in [0.05, 0.1) is 42.6 Å². The number of ether oxygens (including phenoxy) is 2. The van der Waals surface area contributed by atoms with E-state index < -0.39 is 78.1 Å². The van der Waals surface area contributed by atoms with Crippen molar-refractivity contribution in [2.45, 2.75) is 123 Å². The molecule has 4 aliphatic rings. The third-order valence-electron chi connectivity index (χ3n) is 14.6. The van der Waals surface area contributed by atoms with Crippen LogP contribution in [0.25, 0.3) is 33.3 Å². The highest BCUT2D eigenvalue weighted by Crippen LogP contribution is 2.42. The van der Waals surface area contributed by atoms with Gasteiger partial charge in [-0.15, -0.1) is 0 Å². The summed E-state index contributed by atoms with van der Waals surface area (Å²) < 4.78 is 41.6. The molecule has 4 amide bonds. The van der Waals surface area contributed by atoms with E-state index in [1.54, 1.807) is 20.4 Å². The van der Waals surface area contributed by atoms with Gasteiger partial charge in [-0.25, -0.2) is 14.2 Å². The number of nitrogens with zero attached hydrogens (tertiary/aromatic N) is 5. The molecular formula is C55H68F2N8O7. The Labute approximate surface area is 420 Å². The molecule has 2 aromatic carbocycles. The number of fused-ring (bicyclic) bond motifs is 6. The Morgan fingerprint density at radius 1 is 1.04 bits per heavy atom. The first-order valence-corrected chi connectivity index (χ1v) is 25.2. The normalized spacial score (nSPS) is 22.9. The quantitative estimate of drug-likeness (QED) is 0.132. The lowest BCUT2D eigenvalue weighted by Gasteiger charge is -2.37. The fourth-order valence-electron chi connectivity index (χ4n) is 10.8. The SMILES string of the molecule is CCn1c(-c2cccnc2[C@H](C)OC)c2c3cc(ccc31)-c1cccc(c1)C[C@H](NC(=O)C(C(C)C)N(C)C(=O)[C@H]1CCN(C(=O)C#C[C@@H]3CC(F)(F)CN3)C1)C(=O)N1CCC[C@H](N1)C(=O)OCC(C)(C)C2. The van der Waals surface area contributed by atoms with Crippen molar-refractivity contribution in [3.05, 3.63) is 77.6 Å². The van der Waals surface area contributed by atoms with Gasteiger partial charge in [0.15, 0.2) is 0 Å². The predicted molar refractivity (Wildman–Crippen MR) is 269 cm³/mol. The van der Waals surface area contributed by atoms with Crippen molar-refractivity contribution in [3.63, 3.8) is 0 Å². The van der Waals surface area contributed by atoms with Crippen LogP contribution < -0.4 is 16.1 Å². The molecule has 0 saturated carbocycles. The molecule has 6 atom stereocenters. The molecule has 2 aromatic heterocycles. The molecule has 3 fully saturated rings. The smallest absolute Gasteiger partial charge is 0.324 e. The second kappa shape index (κ2) is 21.5. The highest BCUT2D eigenvalue weighted by atomic mass is 19.3. The molecule has 6 bridgehead atoms. The van der Waals surface area contributed by atoms with Gasteiger partial charge < -0.3 is 29.2 Å². The average molecular weight is 991 g/mol. The van der Waals surface area contributed by atoms with E-state index >= 15 is 0 Å². The summed E-state index contributed by atoms with van der Waals surface area (Å²) in [6, 6.07) is 14.7. The van der Waals surface area contributed by atoms with Gasteiger partial charge in [0.2, 0.25) is 11.8 Å². The number of aryl methyl sites for hydroxylation is 1. The van der Waals surface area contributed by atoms with Gasteiger partial charge in [-0.1, -0.05) is 63.9 Å². The van der Waals surface area contributed by atoms with Gasteiger partial charge in [-0.05, 0) is 97.9 Å². The van der Waals surface area contributed by atoms with Crippen LogP contribution in [0.15, 0.2) is 60.8 Å². The topological polar surface area (TPSA) is 167 Å². The number of alkyl halides is 2. The Morgan fingerprint density at radius 3 is 2.54 bits per heavy atom. The summed E-state index contributed by atoms with van der Waals surface area (Å²) in [7, 11) is 3.23. The Bertz CT molecular complexity index is 2780. The Kier molecular flexibility index (Phi) is 15.5. The summed E-state index contributed by atoms with van der Waals surface area (Å²) in [4.78, 5) is 78.2. The van der Waals surface area contributed by atoms with Crippen LogP contribution in [0.5, 0.6) is 0 Å². The maximum absolute atomic E-state index is 14.8. The van der Waals surface area contributed by atoms with Crippen LogP contribution in [0.2, 0.25) is 0 Å². The first-order valence-electron chi connectivity index (χ1n) is 25.2. The summed E-state index contributed by atoms with van der Waals surface area (Å²) >= 11 is 0. The number of hydrazine groups is 1. The summed E-state index contributed by atoms with van der Waals surface area (Å²) in [6.07, 6.45) is 2.99. The second-order valence-corrected chi connectivity index (χ2v) is 21.0. The number of rotatable bonds is 9. The first kappa shape index (κ1) is 52.1. The lowest BCUT2D eigenvalue weighted by molar-refractivity contribution is -0.155. The highest BCUT2D eigenvalue weighted by molar-refractivity contribution is 5.97. The standard InChI is InChI=1S/C55H68F2N8O7/c1-9-64-45-19-17-37-27-41(45)42(49(64)40-15-11-22-58-47(40)34(4)71-8)29-54(5,6)32-72-53(70)43-16-12-23-65(61-43)52(69)44(26-35-13-10-14-36(37)25-35)60-50(67)48(33(2)3)62(7)51(68)38-21-24-63(30-38)46(66)20-18-39-28-55(56,57)31-59-39/h10-11,13-15,17,19,22,25,27,33-34,38-39,43-44,48,59,61H,9,12,16,21,23-24,26,28-32H2,1-8H3,(H,60,67)/t34-,38-,39+,43-,44-,48?/m0/s1. The molecule has 17 heteroatoms. The zero-order chi connectivity index (χ0) is 51.6. The molecule has 72 heavy (non-hydrogen) atoms. The number of likely N-dealkylation sites (N-methyl/N-ethyl adjacent to an activating group) is 1. The van der Waals surface area contributed by atoms with Gasteiger partial charge in [-0.3, -0.25) is 39.3 Å². The maximum atomic E-state index is 14.8. The predicted octanol–water partition coefficient (Wildman–Crippen LogP) is 6.08. The number of benzene rings is 2. The largest absolute Gasteiger partial charge is 0.464 e. The number of aromatic nitrogens is 2. The number of cyclic esters (lactones) is 1. The van der Waals surface area contributed by atoms with Gasteiger partial charge in [0.25, 0.3) is 17.7 Å². The monoisotopic (exact) mass is 991 g/mol. The molecule has 0 aliphatic carbocycles. The summed E-state index contributed by atoms with van der Waals surface area (Å²) in [6.45, 7) is 12.8. The third kappa shape index (κ3) is 11.2. The molecule has 3 saturated heterocycles. The van der Waals surface area contributed by atoms with Gasteiger partial charge in [0.1, 0.15) is 18.1 Å². The molecule has 4 aromatic rings. The first-order chi connectivity index (χ1) is 34.3. The average Bonchev–Trinajstić information content (AvgIpc) is 4.08. The van der Waals surface area contributed by atoms with Crippen LogP contribution in [-0.2, 0) is 52.8 Å². The zero-order valence-corrected chi connectivity index (χ0v) is 42.6. The number of carbonyl (C=O) groups excluding carboxylic acids is 5. The molecule has 3 N–H and O–H groups in total. The van der Waals surface area contributed by atoms with Crippen molar-refractivity contribution in [1.82, 2.24) is 40.4 Å². The van der Waals surface area contributed by atoms with E-state index in [0.717, 1.165) is 50.1 Å². The number of carbonyl (C=O) groups is 5. The van der Waals surface area contributed by atoms with Gasteiger partial charge in [-0.2, -0.15) is 0 Å². The minimum absolute atomic E-state index is 0.0650. The van der Waals surface area contributed by atoms with Gasteiger partial charge >= 0.3 is 5.97 Å². The van der Waals surface area contributed by atoms with Crippen molar-refractivity contribution >= 4 is 40.5 Å². The van der Waals surface area contributed by atoms with Crippen LogP contribution >= 0.6 is 0 Å². The van der Waals surface area contributed by atoms with Crippen LogP contribution in [-0.4, -0.2) is 131 Å². The number of hydrogen-bond acceptors (Lipinski definition) is 10. The van der Waals surface area contributed by atoms with Crippen molar-refractivity contribution in [2.24, 2.45) is 17.3 Å². The maximum Gasteiger partial charge on any atom is 0.324 e. The van der Waals surface area contributed by atoms with Crippen molar-refractivity contribution in [2.75, 3.05) is 46.9 Å². The fraction of sp³-hybridized carbons (Fsp3) is 0.527. The Balaban J connectivity index is 1.10. The highest BCUT2D eigenvalue weighted by Gasteiger charge is 2.41. The number of halogens is 2. The molecular weight excluding hydrogens is 923 g/mol. The van der Waals surface area contributed by atoms with E-state index in [-0.39, 0.29) is 50.6 Å². The van der Waals surface area contributed by atoms with Crippen LogP contribution in [0, 0.1) is 29.1 Å². The van der Waals surface area contributed by atoms with Crippen molar-refractivity contribution in [1.29, 1.82) is 0 Å². The van der Waals surface area contributed by atoms with E-state index in [0.29, 0.717) is 32.2 Å². The summed E-state index contributed by atoms with van der Waals surface area (Å²) in [5, 5.41) is 8.12. The number of amides is 4. The molecule has 15 nitrogen and oxygen atoms in total.